The van der Waals surface area contributed by atoms with Gasteiger partial charge in [-0.15, -0.1) is 0 Å². The van der Waals surface area contributed by atoms with E-state index in [4.69, 9.17) is 23.2 Å². The molecule has 0 radical (unpaired) electrons. The third kappa shape index (κ3) is 3.68. The Labute approximate surface area is 312 Å². The van der Waals surface area contributed by atoms with Crippen molar-refractivity contribution in [2.45, 2.75) is 19.3 Å². The number of benzene rings is 7. The van der Waals surface area contributed by atoms with E-state index in [1.807, 2.05) is 54.6 Å². The Morgan fingerprint density at radius 1 is 0.455 bits per heavy atom. The summed E-state index contributed by atoms with van der Waals surface area (Å²) in [6.07, 6.45) is 0. The molecular formula is C49H29N3O3. The molecule has 0 fully saturated rings. The first-order valence-corrected chi connectivity index (χ1v) is 18.7. The molecule has 0 spiro atoms. The average molecular weight is 708 g/mol. The van der Waals surface area contributed by atoms with Crippen molar-refractivity contribution in [3.8, 4) is 28.3 Å². The molecular weight excluding hydrogens is 679 g/mol. The summed E-state index contributed by atoms with van der Waals surface area (Å²) in [5.41, 5.74) is 14.1. The van der Waals surface area contributed by atoms with Gasteiger partial charge in [0.05, 0.1) is 11.0 Å². The maximum atomic E-state index is 6.71. The summed E-state index contributed by atoms with van der Waals surface area (Å²) < 4.78 is 21.9. The van der Waals surface area contributed by atoms with Gasteiger partial charge in [-0.3, -0.25) is 4.57 Å². The fourth-order valence-corrected chi connectivity index (χ4v) is 9.56. The van der Waals surface area contributed by atoms with E-state index in [9.17, 15) is 0 Å². The van der Waals surface area contributed by atoms with Crippen LogP contribution in [0.1, 0.15) is 25.0 Å². The van der Waals surface area contributed by atoms with Gasteiger partial charge in [-0.1, -0.05) is 98.8 Å². The number of furan rings is 3. The summed E-state index contributed by atoms with van der Waals surface area (Å²) in [4.78, 5) is 10.9. The lowest BCUT2D eigenvalue weighted by Crippen LogP contribution is -2.15. The Hall–Kier alpha value is -7.18. The lowest BCUT2D eigenvalue weighted by molar-refractivity contribution is 0.661. The van der Waals surface area contributed by atoms with Crippen molar-refractivity contribution >= 4 is 87.8 Å². The molecule has 5 heterocycles. The average Bonchev–Trinajstić information content (AvgIpc) is 4.01. The number of fused-ring (bicyclic) bond motifs is 16. The first-order chi connectivity index (χ1) is 27.0. The zero-order valence-corrected chi connectivity index (χ0v) is 29.8. The lowest BCUT2D eigenvalue weighted by atomic mass is 9.82. The molecule has 0 unspecified atom stereocenters. The van der Waals surface area contributed by atoms with Crippen LogP contribution in [-0.4, -0.2) is 14.5 Å². The van der Waals surface area contributed by atoms with Crippen LogP contribution in [-0.2, 0) is 5.41 Å². The molecule has 6 nitrogen and oxygen atoms in total. The Bertz CT molecular complexity index is 3650. The molecule has 13 rings (SSSR count). The lowest BCUT2D eigenvalue weighted by Gasteiger charge is -2.21. The van der Waals surface area contributed by atoms with Crippen molar-refractivity contribution < 1.29 is 13.3 Å². The maximum absolute atomic E-state index is 6.71. The predicted octanol–water partition coefficient (Wildman–Crippen LogP) is 13.2. The minimum atomic E-state index is -0.168. The van der Waals surface area contributed by atoms with Gasteiger partial charge in [0.1, 0.15) is 39.1 Å². The van der Waals surface area contributed by atoms with Gasteiger partial charge in [0.15, 0.2) is 5.58 Å². The molecule has 0 saturated carbocycles. The van der Waals surface area contributed by atoms with Crippen LogP contribution in [0.4, 0.5) is 0 Å². The van der Waals surface area contributed by atoms with Crippen LogP contribution in [0.15, 0.2) is 153 Å². The molecule has 0 saturated heterocycles. The Kier molecular flexibility index (Phi) is 5.36. The fraction of sp³-hybridized carbons (Fsp3) is 0.0612. The molecule has 0 aliphatic heterocycles. The smallest absolute Gasteiger partial charge is 0.236 e. The van der Waals surface area contributed by atoms with Crippen molar-refractivity contribution in [2.75, 3.05) is 0 Å². The topological polar surface area (TPSA) is 70.1 Å². The highest BCUT2D eigenvalue weighted by atomic mass is 16.3. The number of hydrogen-bond acceptors (Lipinski definition) is 5. The first-order valence-electron chi connectivity index (χ1n) is 18.7. The fourth-order valence-electron chi connectivity index (χ4n) is 9.56. The van der Waals surface area contributed by atoms with E-state index >= 15 is 0 Å². The zero-order chi connectivity index (χ0) is 36.2. The Morgan fingerprint density at radius 2 is 1.11 bits per heavy atom. The van der Waals surface area contributed by atoms with Crippen LogP contribution in [0.5, 0.6) is 0 Å². The number of aromatic nitrogens is 3. The molecule has 1 aliphatic rings. The minimum absolute atomic E-state index is 0.168. The third-order valence-electron chi connectivity index (χ3n) is 12.0. The van der Waals surface area contributed by atoms with Crippen molar-refractivity contribution in [1.29, 1.82) is 0 Å². The molecule has 0 bridgehead atoms. The monoisotopic (exact) mass is 707 g/mol. The SMILES string of the molecule is CC1(C)c2ccccc2-c2cc3c4ccccc4n(-c4nc(-c5cccc6oc7ccc8oc9ccccc9c8c7c56)c5oc6ccccc6c5n4)c3cc21. The van der Waals surface area contributed by atoms with Crippen LogP contribution < -0.4 is 0 Å². The van der Waals surface area contributed by atoms with Crippen LogP contribution in [0.25, 0.3) is 116 Å². The van der Waals surface area contributed by atoms with Crippen molar-refractivity contribution in [2.24, 2.45) is 0 Å². The molecule has 0 amide bonds. The summed E-state index contributed by atoms with van der Waals surface area (Å²) >= 11 is 0. The zero-order valence-electron chi connectivity index (χ0n) is 29.8. The van der Waals surface area contributed by atoms with Crippen LogP contribution in [0, 0.1) is 0 Å². The Morgan fingerprint density at radius 3 is 1.98 bits per heavy atom. The van der Waals surface area contributed by atoms with E-state index < -0.39 is 0 Å². The highest BCUT2D eigenvalue weighted by Crippen LogP contribution is 2.51. The second kappa shape index (κ2) is 10.1. The first kappa shape index (κ1) is 29.3. The molecule has 7 aromatic carbocycles. The van der Waals surface area contributed by atoms with Crippen LogP contribution in [0.2, 0.25) is 0 Å². The van der Waals surface area contributed by atoms with E-state index in [2.05, 4.69) is 103 Å². The molecule has 258 valence electrons. The molecule has 1 aliphatic carbocycles. The van der Waals surface area contributed by atoms with Gasteiger partial charge in [0, 0.05) is 48.7 Å². The third-order valence-corrected chi connectivity index (χ3v) is 12.0. The molecule has 0 atom stereocenters. The van der Waals surface area contributed by atoms with Gasteiger partial charge in [-0.25, -0.2) is 9.97 Å². The number of hydrogen-bond donors (Lipinski definition) is 0. The number of nitrogens with zero attached hydrogens (tertiary/aromatic N) is 3. The summed E-state index contributed by atoms with van der Waals surface area (Å²) in [5, 5.41) is 7.28. The van der Waals surface area contributed by atoms with Crippen molar-refractivity contribution in [3.05, 3.63) is 151 Å². The van der Waals surface area contributed by atoms with E-state index in [0.717, 1.165) is 82.3 Å². The summed E-state index contributed by atoms with van der Waals surface area (Å²) in [7, 11) is 0. The van der Waals surface area contributed by atoms with Crippen molar-refractivity contribution in [3.63, 3.8) is 0 Å². The highest BCUT2D eigenvalue weighted by Gasteiger charge is 2.36. The summed E-state index contributed by atoms with van der Waals surface area (Å²) in [5.74, 6) is 0.581. The van der Waals surface area contributed by atoms with Gasteiger partial charge >= 0.3 is 0 Å². The second-order valence-electron chi connectivity index (χ2n) is 15.3. The van der Waals surface area contributed by atoms with Crippen LogP contribution >= 0.6 is 0 Å². The normalized spacial score (nSPS) is 13.8. The second-order valence-corrected chi connectivity index (χ2v) is 15.3. The van der Waals surface area contributed by atoms with E-state index in [0.29, 0.717) is 17.2 Å². The number of rotatable bonds is 2. The molecule has 5 aromatic heterocycles. The van der Waals surface area contributed by atoms with E-state index in [1.54, 1.807) is 0 Å². The van der Waals surface area contributed by atoms with Crippen LogP contribution in [0.3, 0.4) is 0 Å². The van der Waals surface area contributed by atoms with Gasteiger partial charge < -0.3 is 13.3 Å². The van der Waals surface area contributed by atoms with E-state index in [-0.39, 0.29) is 5.41 Å². The van der Waals surface area contributed by atoms with Gasteiger partial charge in [-0.05, 0) is 76.9 Å². The van der Waals surface area contributed by atoms with Gasteiger partial charge in [-0.2, -0.15) is 0 Å². The van der Waals surface area contributed by atoms with Crippen molar-refractivity contribution in [1.82, 2.24) is 14.5 Å². The van der Waals surface area contributed by atoms with E-state index in [1.165, 1.54) is 27.6 Å². The minimum Gasteiger partial charge on any atom is -0.456 e. The molecule has 55 heavy (non-hydrogen) atoms. The largest absolute Gasteiger partial charge is 0.456 e. The summed E-state index contributed by atoms with van der Waals surface area (Å²) in [6.45, 7) is 4.65. The molecule has 12 aromatic rings. The quantitative estimate of drug-likeness (QED) is 0.179. The van der Waals surface area contributed by atoms with Gasteiger partial charge in [0.2, 0.25) is 5.95 Å². The van der Waals surface area contributed by atoms with Gasteiger partial charge in [0.25, 0.3) is 0 Å². The Balaban J connectivity index is 1.17. The number of para-hydroxylation sites is 3. The standard InChI is InChI=1S/C49H29N3O3/c1-49(2)33-17-7-3-12-26(33)31-24-32-27-13-4-8-18-35(27)52(36(32)25-34(31)49)48-50-45-29-15-6-10-20-38(29)55-47(45)46(51-48)30-16-11-21-39-43(30)44-41(54-39)23-22-40-42(44)28-14-5-9-19-37(28)53-40/h3-25H,1-2H3. The molecule has 6 heteroatoms. The predicted molar refractivity (Wildman–Crippen MR) is 221 cm³/mol. The molecule has 0 N–H and O–H groups in total. The maximum Gasteiger partial charge on any atom is 0.236 e. The highest BCUT2D eigenvalue weighted by molar-refractivity contribution is 6.28. The summed E-state index contributed by atoms with van der Waals surface area (Å²) in [6, 6.07) is 48.6.